The molecule has 0 radical (unpaired) electrons. The van der Waals surface area contributed by atoms with Gasteiger partial charge < -0.3 is 46.9 Å². The predicted molar refractivity (Wildman–Crippen MR) is 187 cm³/mol. The van der Waals surface area contributed by atoms with Crippen LogP contribution in [0.1, 0.15) is 60.6 Å². The van der Waals surface area contributed by atoms with Crippen LogP contribution in [-0.4, -0.2) is 82.5 Å². The van der Waals surface area contributed by atoms with Gasteiger partial charge in [-0.15, -0.1) is 0 Å². The molecule has 0 saturated carbocycles. The van der Waals surface area contributed by atoms with Gasteiger partial charge in [0, 0.05) is 12.2 Å². The number of aromatic carboxylic acids is 1. The van der Waals surface area contributed by atoms with Crippen molar-refractivity contribution in [3.05, 3.63) is 89.9 Å². The first-order valence-electron chi connectivity index (χ1n) is 16.5. The Kier molecular flexibility index (Phi) is 14.9. The predicted octanol–water partition coefficient (Wildman–Crippen LogP) is 1.43. The van der Waals surface area contributed by atoms with Crippen molar-refractivity contribution in [1.29, 1.82) is 0 Å². The summed E-state index contributed by atoms with van der Waals surface area (Å²) in [5.74, 6) is -5.17. The number of rotatable bonds is 18. The number of carbonyl (C=O) groups excluding carboxylic acids is 5. The molecule has 0 aliphatic carbocycles. The third-order valence-electron chi connectivity index (χ3n) is 7.80. The SMILES string of the molecule is CC(C)C[C@H](NC(=O)[C@@H](NC(=O)[C@@H](N)CNC(=O)c1ccco1)C(C)C)C(=O)N[C@@H](Cc1ccccc1)[C@@H](O)C(=O)Nc1cccc(C(=O)O)c1. The number of aliphatic hydroxyl groups is 1. The standard InChI is InChI=1S/C36H46N6O9/c1-20(2)16-27(41-34(47)29(21(3)4)42-31(44)25(37)19-38-33(46)28-14-9-15-51-28)32(45)40-26(17-22-10-6-5-7-11-22)30(43)35(48)39-24-13-8-12-23(18-24)36(49)50/h5-15,18,20-21,25-27,29-30,43H,16-17,19,37H2,1-4H3,(H,38,46)(H,39,48)(H,40,45)(H,41,47)(H,42,44)(H,49,50)/t25-,26-,27-,29-,30+/m0/s1. The molecule has 0 aliphatic heterocycles. The van der Waals surface area contributed by atoms with Crippen LogP contribution in [0, 0.1) is 11.8 Å². The van der Waals surface area contributed by atoms with E-state index in [0.717, 1.165) is 0 Å². The highest BCUT2D eigenvalue weighted by Gasteiger charge is 2.34. The van der Waals surface area contributed by atoms with Crippen molar-refractivity contribution in [2.24, 2.45) is 17.6 Å². The first-order chi connectivity index (χ1) is 24.2. The van der Waals surface area contributed by atoms with Gasteiger partial charge in [-0.1, -0.05) is 64.1 Å². The van der Waals surface area contributed by atoms with Gasteiger partial charge in [-0.3, -0.25) is 24.0 Å². The molecule has 0 aliphatic rings. The van der Waals surface area contributed by atoms with Crippen molar-refractivity contribution in [1.82, 2.24) is 21.3 Å². The van der Waals surface area contributed by atoms with Gasteiger partial charge in [0.2, 0.25) is 17.7 Å². The van der Waals surface area contributed by atoms with E-state index in [2.05, 4.69) is 26.6 Å². The Labute approximate surface area is 295 Å². The number of hydrogen-bond acceptors (Lipinski definition) is 9. The second-order valence-electron chi connectivity index (χ2n) is 12.8. The van der Waals surface area contributed by atoms with Crippen LogP contribution in [0.3, 0.4) is 0 Å². The molecule has 1 heterocycles. The van der Waals surface area contributed by atoms with Gasteiger partial charge >= 0.3 is 5.97 Å². The molecule has 0 fully saturated rings. The van der Waals surface area contributed by atoms with E-state index in [1.54, 1.807) is 44.2 Å². The van der Waals surface area contributed by atoms with Crippen LogP contribution in [0.15, 0.2) is 77.4 Å². The molecule has 15 heteroatoms. The molecule has 5 amide bonds. The molecular formula is C36H46N6O9. The summed E-state index contributed by atoms with van der Waals surface area (Å²) in [5.41, 5.74) is 6.75. The van der Waals surface area contributed by atoms with Crippen molar-refractivity contribution in [2.45, 2.75) is 70.8 Å². The topological polar surface area (TPSA) is 242 Å². The molecule has 9 N–H and O–H groups in total. The maximum atomic E-state index is 13.8. The van der Waals surface area contributed by atoms with E-state index in [9.17, 15) is 39.0 Å². The summed E-state index contributed by atoms with van der Waals surface area (Å²) in [6.07, 6.45) is -0.237. The van der Waals surface area contributed by atoms with E-state index in [0.29, 0.717) is 5.56 Å². The lowest BCUT2D eigenvalue weighted by Gasteiger charge is -2.29. The second kappa shape index (κ2) is 19.0. The lowest BCUT2D eigenvalue weighted by molar-refractivity contribution is -0.134. The van der Waals surface area contributed by atoms with E-state index in [1.807, 2.05) is 13.8 Å². The van der Waals surface area contributed by atoms with Crippen LogP contribution in [0.2, 0.25) is 0 Å². The largest absolute Gasteiger partial charge is 0.478 e. The minimum atomic E-state index is -1.78. The zero-order chi connectivity index (χ0) is 37.7. The summed E-state index contributed by atoms with van der Waals surface area (Å²) in [7, 11) is 0. The number of aliphatic hydroxyl groups excluding tert-OH is 1. The van der Waals surface area contributed by atoms with Crippen molar-refractivity contribution in [3.63, 3.8) is 0 Å². The Balaban J connectivity index is 1.74. The first kappa shape index (κ1) is 39.9. The van der Waals surface area contributed by atoms with Crippen LogP contribution < -0.4 is 32.3 Å². The molecule has 2 aromatic carbocycles. The summed E-state index contributed by atoms with van der Waals surface area (Å²) in [6.45, 7) is 6.85. The van der Waals surface area contributed by atoms with Gasteiger partial charge in [-0.25, -0.2) is 4.79 Å². The average Bonchev–Trinajstić information content (AvgIpc) is 3.64. The van der Waals surface area contributed by atoms with Gasteiger partial charge in [0.15, 0.2) is 11.9 Å². The molecule has 0 bridgehead atoms. The normalized spacial score (nSPS) is 14.0. The van der Waals surface area contributed by atoms with Gasteiger partial charge in [0.05, 0.1) is 17.9 Å². The summed E-state index contributed by atoms with van der Waals surface area (Å²) in [5, 5.41) is 33.5. The molecule has 1 aromatic heterocycles. The van der Waals surface area contributed by atoms with E-state index < -0.39 is 71.7 Å². The Morgan fingerprint density at radius 3 is 2.12 bits per heavy atom. The van der Waals surface area contributed by atoms with Crippen LogP contribution >= 0.6 is 0 Å². The summed E-state index contributed by atoms with van der Waals surface area (Å²) < 4.78 is 5.02. The third kappa shape index (κ3) is 12.4. The highest BCUT2D eigenvalue weighted by molar-refractivity contribution is 5.97. The third-order valence-corrected chi connectivity index (χ3v) is 7.80. The summed E-state index contributed by atoms with van der Waals surface area (Å²) in [4.78, 5) is 77.1. The summed E-state index contributed by atoms with van der Waals surface area (Å²) >= 11 is 0. The number of anilines is 1. The molecule has 0 saturated heterocycles. The molecule has 3 aromatic rings. The Bertz CT molecular complexity index is 1650. The average molecular weight is 707 g/mol. The number of nitrogens with two attached hydrogens (primary N) is 1. The lowest BCUT2D eigenvalue weighted by atomic mass is 9.97. The zero-order valence-electron chi connectivity index (χ0n) is 28.9. The Morgan fingerprint density at radius 2 is 1.51 bits per heavy atom. The van der Waals surface area contributed by atoms with Crippen LogP contribution in [0.5, 0.6) is 0 Å². The number of amides is 5. The minimum absolute atomic E-state index is 0.0394. The van der Waals surface area contributed by atoms with E-state index in [-0.39, 0.29) is 42.3 Å². The fourth-order valence-corrected chi connectivity index (χ4v) is 5.07. The number of nitrogens with one attached hydrogen (secondary N) is 5. The van der Waals surface area contributed by atoms with Crippen LogP contribution in [-0.2, 0) is 25.6 Å². The fraction of sp³-hybridized carbons (Fsp3) is 0.389. The van der Waals surface area contributed by atoms with Crippen molar-refractivity contribution in [2.75, 3.05) is 11.9 Å². The number of carboxylic acid groups (broad SMARTS) is 1. The minimum Gasteiger partial charge on any atom is -0.478 e. The van der Waals surface area contributed by atoms with Crippen molar-refractivity contribution in [3.8, 4) is 0 Å². The monoisotopic (exact) mass is 706 g/mol. The van der Waals surface area contributed by atoms with Gasteiger partial charge in [-0.2, -0.15) is 0 Å². The molecule has 274 valence electrons. The summed E-state index contributed by atoms with van der Waals surface area (Å²) in [6, 6.07) is 12.7. The van der Waals surface area contributed by atoms with E-state index >= 15 is 0 Å². The second-order valence-corrected chi connectivity index (χ2v) is 12.8. The first-order valence-corrected chi connectivity index (χ1v) is 16.5. The molecule has 5 atom stereocenters. The molecular weight excluding hydrogens is 660 g/mol. The number of furan rings is 1. The Morgan fingerprint density at radius 1 is 0.804 bits per heavy atom. The number of carboxylic acids is 1. The van der Waals surface area contributed by atoms with Gasteiger partial charge in [-0.05, 0) is 60.6 Å². The fourth-order valence-electron chi connectivity index (χ4n) is 5.07. The van der Waals surface area contributed by atoms with E-state index in [1.165, 1.54) is 42.7 Å². The quantitative estimate of drug-likeness (QED) is 0.0946. The smallest absolute Gasteiger partial charge is 0.335 e. The highest BCUT2D eigenvalue weighted by atomic mass is 16.4. The number of hydrogen-bond donors (Lipinski definition) is 8. The molecule has 3 rings (SSSR count). The van der Waals surface area contributed by atoms with Crippen molar-refractivity contribution < 1.29 is 43.4 Å². The Hall–Kier alpha value is -5.54. The lowest BCUT2D eigenvalue weighted by Crippen LogP contribution is -2.60. The zero-order valence-corrected chi connectivity index (χ0v) is 28.9. The molecule has 51 heavy (non-hydrogen) atoms. The van der Waals surface area contributed by atoms with Crippen LogP contribution in [0.4, 0.5) is 5.69 Å². The maximum Gasteiger partial charge on any atom is 0.335 e. The van der Waals surface area contributed by atoms with Gasteiger partial charge in [0.1, 0.15) is 18.1 Å². The van der Waals surface area contributed by atoms with Gasteiger partial charge in [0.25, 0.3) is 11.8 Å². The molecule has 15 nitrogen and oxygen atoms in total. The highest BCUT2D eigenvalue weighted by Crippen LogP contribution is 2.15. The number of benzene rings is 2. The molecule has 0 unspecified atom stereocenters. The molecule has 0 spiro atoms. The van der Waals surface area contributed by atoms with Crippen LogP contribution in [0.25, 0.3) is 0 Å². The van der Waals surface area contributed by atoms with Crippen molar-refractivity contribution >= 4 is 41.2 Å². The van der Waals surface area contributed by atoms with E-state index in [4.69, 9.17) is 10.2 Å². The maximum absolute atomic E-state index is 13.8. The number of carbonyl (C=O) groups is 6.